The maximum atomic E-state index is 12.5. The number of rotatable bonds is 2. The molecule has 2 heterocycles. The van der Waals surface area contributed by atoms with Crippen LogP contribution in [0.4, 0.5) is 4.79 Å². The molecule has 0 aromatic heterocycles. The van der Waals surface area contributed by atoms with Crippen molar-refractivity contribution in [2.24, 2.45) is 0 Å². The number of carbonyl (C=O) groups is 2. The SMILES string of the molecule is CC(C)(C)OC(=O)N1CCC(NC(=O)[C@@H]2COc3ccccc3O2)CC1. The summed E-state index contributed by atoms with van der Waals surface area (Å²) in [7, 11) is 0. The van der Waals surface area contributed by atoms with Gasteiger partial charge >= 0.3 is 6.09 Å². The molecule has 0 spiro atoms. The van der Waals surface area contributed by atoms with Crippen LogP contribution in [-0.4, -0.2) is 54.3 Å². The smallest absolute Gasteiger partial charge is 0.410 e. The van der Waals surface area contributed by atoms with E-state index in [9.17, 15) is 9.59 Å². The van der Waals surface area contributed by atoms with E-state index in [0.717, 1.165) is 0 Å². The summed E-state index contributed by atoms with van der Waals surface area (Å²) in [6.07, 6.45) is 0.418. The Morgan fingerprint density at radius 2 is 1.81 bits per heavy atom. The second-order valence-electron chi connectivity index (χ2n) is 7.61. The van der Waals surface area contributed by atoms with Crippen LogP contribution in [0.2, 0.25) is 0 Å². The van der Waals surface area contributed by atoms with Crippen LogP contribution in [0.5, 0.6) is 11.5 Å². The Kier molecular flexibility index (Phi) is 5.25. The summed E-state index contributed by atoms with van der Waals surface area (Å²) in [4.78, 5) is 26.2. The first-order valence-corrected chi connectivity index (χ1v) is 8.98. The number of fused-ring (bicyclic) bond motifs is 1. The Morgan fingerprint density at radius 1 is 1.15 bits per heavy atom. The van der Waals surface area contributed by atoms with Gasteiger partial charge in [0, 0.05) is 19.1 Å². The summed E-state index contributed by atoms with van der Waals surface area (Å²) < 4.78 is 16.7. The van der Waals surface area contributed by atoms with Gasteiger partial charge in [-0.25, -0.2) is 4.79 Å². The third-order valence-electron chi connectivity index (χ3n) is 4.29. The summed E-state index contributed by atoms with van der Waals surface area (Å²) >= 11 is 0. The maximum Gasteiger partial charge on any atom is 0.410 e. The van der Waals surface area contributed by atoms with Crippen molar-refractivity contribution in [3.8, 4) is 11.5 Å². The Hall–Kier alpha value is -2.44. The number of hydrogen-bond acceptors (Lipinski definition) is 5. The normalized spacial score (nSPS) is 20.4. The van der Waals surface area contributed by atoms with Gasteiger partial charge in [-0.1, -0.05) is 12.1 Å². The molecule has 1 aromatic rings. The third kappa shape index (κ3) is 4.59. The van der Waals surface area contributed by atoms with Crippen molar-refractivity contribution in [3.63, 3.8) is 0 Å². The second kappa shape index (κ2) is 7.43. The number of hydrogen-bond donors (Lipinski definition) is 1. The van der Waals surface area contributed by atoms with Gasteiger partial charge in [0.05, 0.1) is 0 Å². The highest BCUT2D eigenvalue weighted by atomic mass is 16.6. The number of piperidine rings is 1. The molecule has 1 saturated heterocycles. The quantitative estimate of drug-likeness (QED) is 0.874. The van der Waals surface area contributed by atoms with Crippen LogP contribution in [0, 0.1) is 0 Å². The molecule has 1 N–H and O–H groups in total. The van der Waals surface area contributed by atoms with Crippen LogP contribution in [0.3, 0.4) is 0 Å². The zero-order valence-corrected chi connectivity index (χ0v) is 15.5. The van der Waals surface area contributed by atoms with Gasteiger partial charge in [-0.15, -0.1) is 0 Å². The van der Waals surface area contributed by atoms with E-state index in [1.54, 1.807) is 11.0 Å². The maximum absolute atomic E-state index is 12.5. The van der Waals surface area contributed by atoms with Crippen molar-refractivity contribution < 1.29 is 23.8 Å². The van der Waals surface area contributed by atoms with Gasteiger partial charge in [0.25, 0.3) is 5.91 Å². The van der Waals surface area contributed by atoms with Crippen LogP contribution in [0.25, 0.3) is 0 Å². The van der Waals surface area contributed by atoms with Gasteiger partial charge in [0.15, 0.2) is 11.5 Å². The van der Waals surface area contributed by atoms with Gasteiger partial charge in [0.2, 0.25) is 6.10 Å². The molecule has 2 aliphatic heterocycles. The molecule has 7 heteroatoms. The monoisotopic (exact) mass is 362 g/mol. The minimum absolute atomic E-state index is 0.0157. The molecule has 2 amide bonds. The minimum Gasteiger partial charge on any atom is -0.485 e. The van der Waals surface area contributed by atoms with E-state index in [0.29, 0.717) is 37.4 Å². The first-order valence-electron chi connectivity index (χ1n) is 8.98. The molecule has 26 heavy (non-hydrogen) atoms. The highest BCUT2D eigenvalue weighted by molar-refractivity contribution is 5.82. The average Bonchev–Trinajstić information content (AvgIpc) is 2.60. The lowest BCUT2D eigenvalue weighted by Gasteiger charge is -2.34. The standard InChI is InChI=1S/C19H26N2O5/c1-19(2,3)26-18(23)21-10-8-13(9-11-21)20-17(22)16-12-24-14-6-4-5-7-15(14)25-16/h4-7,13,16H,8-12H2,1-3H3,(H,20,22)/t16-/m0/s1. The average molecular weight is 362 g/mol. The summed E-state index contributed by atoms with van der Waals surface area (Å²) in [5.41, 5.74) is -0.503. The summed E-state index contributed by atoms with van der Waals surface area (Å²) in [6, 6.07) is 7.32. The van der Waals surface area contributed by atoms with E-state index in [4.69, 9.17) is 14.2 Å². The van der Waals surface area contributed by atoms with E-state index in [2.05, 4.69) is 5.32 Å². The van der Waals surface area contributed by atoms with Crippen LogP contribution in [0.15, 0.2) is 24.3 Å². The molecule has 1 atom stereocenters. The van der Waals surface area contributed by atoms with Gasteiger partial charge < -0.3 is 24.4 Å². The van der Waals surface area contributed by atoms with E-state index in [1.165, 1.54) is 0 Å². The minimum atomic E-state index is -0.659. The van der Waals surface area contributed by atoms with Gasteiger partial charge in [-0.2, -0.15) is 0 Å². The molecule has 3 rings (SSSR count). The topological polar surface area (TPSA) is 77.1 Å². The van der Waals surface area contributed by atoms with Crippen molar-refractivity contribution in [2.75, 3.05) is 19.7 Å². The Labute approximate surface area is 153 Å². The number of nitrogens with zero attached hydrogens (tertiary/aromatic N) is 1. The predicted molar refractivity (Wildman–Crippen MR) is 95.3 cm³/mol. The first kappa shape index (κ1) is 18.4. The lowest BCUT2D eigenvalue weighted by Crippen LogP contribution is -2.52. The van der Waals surface area contributed by atoms with Crippen molar-refractivity contribution in [3.05, 3.63) is 24.3 Å². The van der Waals surface area contributed by atoms with E-state index < -0.39 is 11.7 Å². The number of benzene rings is 1. The van der Waals surface area contributed by atoms with E-state index >= 15 is 0 Å². The lowest BCUT2D eigenvalue weighted by atomic mass is 10.0. The highest BCUT2D eigenvalue weighted by Crippen LogP contribution is 2.31. The molecule has 0 radical (unpaired) electrons. The highest BCUT2D eigenvalue weighted by Gasteiger charge is 2.31. The first-order chi connectivity index (χ1) is 12.3. The zero-order valence-electron chi connectivity index (χ0n) is 15.5. The predicted octanol–water partition coefficient (Wildman–Crippen LogP) is 2.34. The molecule has 142 valence electrons. The number of para-hydroxylation sites is 2. The van der Waals surface area contributed by atoms with E-state index in [-0.39, 0.29) is 24.6 Å². The van der Waals surface area contributed by atoms with Crippen molar-refractivity contribution >= 4 is 12.0 Å². The summed E-state index contributed by atoms with van der Waals surface area (Å²) in [6.45, 7) is 6.86. The van der Waals surface area contributed by atoms with Gasteiger partial charge in [0.1, 0.15) is 12.2 Å². The van der Waals surface area contributed by atoms with Crippen LogP contribution >= 0.6 is 0 Å². The van der Waals surface area contributed by atoms with Crippen molar-refractivity contribution in [1.82, 2.24) is 10.2 Å². The number of carbonyl (C=O) groups excluding carboxylic acids is 2. The van der Waals surface area contributed by atoms with Crippen LogP contribution in [0.1, 0.15) is 33.6 Å². The van der Waals surface area contributed by atoms with Gasteiger partial charge in [-0.3, -0.25) is 4.79 Å². The van der Waals surface area contributed by atoms with Crippen LogP contribution < -0.4 is 14.8 Å². The number of nitrogens with one attached hydrogen (secondary N) is 1. The van der Waals surface area contributed by atoms with Crippen molar-refractivity contribution in [1.29, 1.82) is 0 Å². The largest absolute Gasteiger partial charge is 0.485 e. The fourth-order valence-corrected chi connectivity index (χ4v) is 2.98. The summed E-state index contributed by atoms with van der Waals surface area (Å²) in [5, 5.41) is 3.00. The molecule has 1 fully saturated rings. The third-order valence-corrected chi connectivity index (χ3v) is 4.29. The fraction of sp³-hybridized carbons (Fsp3) is 0.579. The Morgan fingerprint density at radius 3 is 2.46 bits per heavy atom. The molecular formula is C19H26N2O5. The molecular weight excluding hydrogens is 336 g/mol. The summed E-state index contributed by atoms with van der Waals surface area (Å²) in [5.74, 6) is 1.05. The number of ether oxygens (including phenoxy) is 3. The fourth-order valence-electron chi connectivity index (χ4n) is 2.98. The van der Waals surface area contributed by atoms with E-state index in [1.807, 2.05) is 39.0 Å². The molecule has 2 aliphatic rings. The number of amides is 2. The van der Waals surface area contributed by atoms with Crippen LogP contribution in [-0.2, 0) is 9.53 Å². The number of likely N-dealkylation sites (tertiary alicyclic amines) is 1. The molecule has 7 nitrogen and oxygen atoms in total. The Bertz CT molecular complexity index is 662. The molecule has 0 aliphatic carbocycles. The second-order valence-corrected chi connectivity index (χ2v) is 7.61. The molecule has 0 saturated carbocycles. The molecule has 0 unspecified atom stereocenters. The van der Waals surface area contributed by atoms with Crippen molar-refractivity contribution in [2.45, 2.75) is 51.4 Å². The lowest BCUT2D eigenvalue weighted by molar-refractivity contribution is -0.131. The Balaban J connectivity index is 1.46. The molecule has 1 aromatic carbocycles. The molecule has 0 bridgehead atoms. The van der Waals surface area contributed by atoms with Gasteiger partial charge in [-0.05, 0) is 45.7 Å². The zero-order chi connectivity index (χ0) is 18.7.